The van der Waals surface area contributed by atoms with Crippen molar-refractivity contribution in [1.82, 2.24) is 14.5 Å². The minimum Gasteiger partial charge on any atom is -0.342 e. The Kier molecular flexibility index (Phi) is 5.23. The van der Waals surface area contributed by atoms with Crippen molar-refractivity contribution in [3.8, 4) is 11.8 Å². The molecule has 0 aromatic carbocycles. The molecule has 140 valence electrons. The molecule has 1 aromatic heterocycles. The van der Waals surface area contributed by atoms with E-state index < -0.39 is 5.66 Å². The average molecular weight is 365 g/mol. The number of imidazole rings is 1. The fraction of sp³-hybridized carbons (Fsp3) is 0.579. The molecule has 2 aliphatic rings. The summed E-state index contributed by atoms with van der Waals surface area (Å²) in [4.78, 5) is 28.5. The Labute approximate surface area is 159 Å². The van der Waals surface area contributed by atoms with Gasteiger partial charge in [-0.2, -0.15) is 4.98 Å². The maximum Gasteiger partial charge on any atom is 0.276 e. The molecule has 0 radical (unpaired) electrons. The van der Waals surface area contributed by atoms with E-state index in [1.165, 1.54) is 11.3 Å². The zero-order chi connectivity index (χ0) is 19.4. The third-order valence-electron chi connectivity index (χ3n) is 5.18. The van der Waals surface area contributed by atoms with Crippen LogP contribution >= 0.6 is 0 Å². The molecule has 3 heterocycles. The average Bonchev–Trinajstić information content (AvgIpc) is 3.03. The molecule has 1 saturated heterocycles. The number of hydrogen-bond acceptors (Lipinski definition) is 4. The second-order valence-corrected chi connectivity index (χ2v) is 6.82. The number of carbonyl (C=O) groups is 1. The maximum absolute atomic E-state index is 13.2. The summed E-state index contributed by atoms with van der Waals surface area (Å²) in [5.74, 6) is 6.87. The highest BCUT2D eigenvalue weighted by atomic mass is 16.2. The first kappa shape index (κ1) is 18.6. The van der Waals surface area contributed by atoms with Gasteiger partial charge in [-0.25, -0.2) is 13.1 Å². The number of fused-ring (bicyclic) bond motifs is 1. The van der Waals surface area contributed by atoms with E-state index in [9.17, 15) is 4.79 Å². The number of piperidine rings is 1. The number of likely N-dealkylation sites (N-methyl/N-ethyl adjacent to an activating group) is 1. The van der Waals surface area contributed by atoms with Crippen molar-refractivity contribution in [2.75, 3.05) is 43.4 Å². The summed E-state index contributed by atoms with van der Waals surface area (Å²) in [5, 5.41) is 3.24. The molecule has 8 heteroatoms. The molecule has 0 atom stereocenters. The molecule has 1 amide bonds. The molecule has 0 spiro atoms. The smallest absolute Gasteiger partial charge is 0.276 e. The van der Waals surface area contributed by atoms with Crippen molar-refractivity contribution in [1.29, 1.82) is 0 Å². The van der Waals surface area contributed by atoms with Crippen LogP contribution in [0.1, 0.15) is 36.7 Å². The molecule has 0 aliphatic carbocycles. The van der Waals surface area contributed by atoms with Crippen LogP contribution in [-0.4, -0.2) is 59.2 Å². The molecular formula is C19H23N7O. The van der Waals surface area contributed by atoms with Gasteiger partial charge in [0, 0.05) is 20.1 Å². The Bertz CT molecular complexity index is 855. The van der Waals surface area contributed by atoms with Gasteiger partial charge in [-0.15, -0.1) is 5.92 Å². The zero-order valence-electron chi connectivity index (χ0n) is 15.7. The largest absolute Gasteiger partial charge is 0.342 e. The first-order chi connectivity index (χ1) is 13.1. The fourth-order valence-corrected chi connectivity index (χ4v) is 3.65. The van der Waals surface area contributed by atoms with E-state index in [1.807, 2.05) is 4.57 Å². The van der Waals surface area contributed by atoms with Crippen molar-refractivity contribution in [3.63, 3.8) is 0 Å². The maximum atomic E-state index is 13.2. The zero-order valence-corrected chi connectivity index (χ0v) is 15.7. The second kappa shape index (κ2) is 7.60. The monoisotopic (exact) mass is 365 g/mol. The van der Waals surface area contributed by atoms with E-state index in [1.54, 1.807) is 14.0 Å². The predicted molar refractivity (Wildman–Crippen MR) is 103 cm³/mol. The van der Waals surface area contributed by atoms with Crippen molar-refractivity contribution in [2.24, 2.45) is 0 Å². The normalized spacial score (nSPS) is 17.9. The van der Waals surface area contributed by atoms with Crippen LogP contribution in [0.3, 0.4) is 0 Å². The number of carbonyl (C=O) groups excluding carboxylic acids is 1. The number of hydrogen-bond donors (Lipinski definition) is 1. The van der Waals surface area contributed by atoms with Crippen LogP contribution in [0.4, 0.5) is 11.8 Å². The lowest BCUT2D eigenvalue weighted by Gasteiger charge is -2.38. The Morgan fingerprint density at radius 2 is 1.89 bits per heavy atom. The number of amides is 1. The highest BCUT2D eigenvalue weighted by Crippen LogP contribution is 2.34. The number of rotatable bonds is 4. The first-order valence-electron chi connectivity index (χ1n) is 9.06. The summed E-state index contributed by atoms with van der Waals surface area (Å²) in [6.45, 7) is 18.5. The molecule has 3 rings (SSSR count). The van der Waals surface area contributed by atoms with Crippen molar-refractivity contribution < 1.29 is 4.79 Å². The molecular weight excluding hydrogens is 342 g/mol. The lowest BCUT2D eigenvalue weighted by molar-refractivity contribution is 0.0627. The van der Waals surface area contributed by atoms with Crippen molar-refractivity contribution >= 4 is 17.7 Å². The van der Waals surface area contributed by atoms with Crippen LogP contribution in [0.5, 0.6) is 0 Å². The van der Waals surface area contributed by atoms with E-state index in [4.69, 9.17) is 18.1 Å². The van der Waals surface area contributed by atoms with E-state index in [2.05, 4.69) is 31.7 Å². The van der Waals surface area contributed by atoms with E-state index >= 15 is 0 Å². The second-order valence-electron chi connectivity index (χ2n) is 6.82. The molecule has 8 nitrogen and oxygen atoms in total. The van der Waals surface area contributed by atoms with Gasteiger partial charge in [0.05, 0.1) is 6.54 Å². The SMILES string of the molecule is [C-]#[N+]CC1(C[N+]#[C-])Nc2nc(N3CCCCC3)n(CC#CC)c2C(=O)N1C. The number of aromatic nitrogens is 2. The van der Waals surface area contributed by atoms with E-state index in [0.717, 1.165) is 31.9 Å². The minimum atomic E-state index is -1.05. The van der Waals surface area contributed by atoms with Crippen LogP contribution in [0, 0.1) is 25.0 Å². The minimum absolute atomic E-state index is 0.00225. The van der Waals surface area contributed by atoms with Gasteiger partial charge in [-0.05, 0) is 26.2 Å². The van der Waals surface area contributed by atoms with Crippen LogP contribution in [-0.2, 0) is 6.54 Å². The van der Waals surface area contributed by atoms with Gasteiger partial charge >= 0.3 is 0 Å². The highest BCUT2D eigenvalue weighted by molar-refractivity contribution is 6.00. The number of nitrogens with one attached hydrogen (secondary N) is 1. The fourth-order valence-electron chi connectivity index (χ4n) is 3.65. The molecule has 1 aromatic rings. The summed E-state index contributed by atoms with van der Waals surface area (Å²) >= 11 is 0. The molecule has 1 fully saturated rings. The topological polar surface area (TPSA) is 62.1 Å². The molecule has 0 unspecified atom stereocenters. The van der Waals surface area contributed by atoms with Gasteiger partial charge in [-0.1, -0.05) is 5.92 Å². The molecule has 27 heavy (non-hydrogen) atoms. The number of anilines is 2. The molecule has 2 aliphatic heterocycles. The molecule has 1 N–H and O–H groups in total. The summed E-state index contributed by atoms with van der Waals surface area (Å²) in [6, 6.07) is 0. The van der Waals surface area contributed by atoms with Gasteiger partial charge in [0.1, 0.15) is 0 Å². The molecule has 0 saturated carbocycles. The van der Waals surface area contributed by atoms with Crippen molar-refractivity contribution in [2.45, 2.75) is 38.4 Å². The van der Waals surface area contributed by atoms with Crippen LogP contribution < -0.4 is 10.2 Å². The van der Waals surface area contributed by atoms with Gasteiger partial charge in [-0.3, -0.25) is 9.36 Å². The Hall–Kier alpha value is -3.18. The van der Waals surface area contributed by atoms with Crippen molar-refractivity contribution in [3.05, 3.63) is 28.5 Å². The third-order valence-corrected chi connectivity index (χ3v) is 5.18. The van der Waals surface area contributed by atoms with Gasteiger partial charge in [0.25, 0.3) is 24.7 Å². The lowest BCUT2D eigenvalue weighted by Crippen LogP contribution is -2.62. The van der Waals surface area contributed by atoms with Crippen LogP contribution in [0.2, 0.25) is 0 Å². The third kappa shape index (κ3) is 3.17. The quantitative estimate of drug-likeness (QED) is 0.654. The van der Waals surface area contributed by atoms with Gasteiger partial charge < -0.3 is 24.8 Å². The van der Waals surface area contributed by atoms with E-state index in [0.29, 0.717) is 18.1 Å². The summed E-state index contributed by atoms with van der Waals surface area (Å²) < 4.78 is 1.86. The van der Waals surface area contributed by atoms with E-state index in [-0.39, 0.29) is 19.0 Å². The molecule has 0 bridgehead atoms. The first-order valence-corrected chi connectivity index (χ1v) is 9.06. The Morgan fingerprint density at radius 3 is 2.48 bits per heavy atom. The lowest BCUT2D eigenvalue weighted by atomic mass is 10.1. The summed E-state index contributed by atoms with van der Waals surface area (Å²) in [6.07, 6.45) is 3.39. The summed E-state index contributed by atoms with van der Waals surface area (Å²) in [7, 11) is 1.64. The Morgan fingerprint density at radius 1 is 1.22 bits per heavy atom. The van der Waals surface area contributed by atoms with Gasteiger partial charge in [0.15, 0.2) is 11.5 Å². The predicted octanol–water partition coefficient (Wildman–Crippen LogP) is 1.93. The standard InChI is InChI=1S/C19H23N7O/c1-5-6-12-26-15-16(22-18(26)25-10-8-7-9-11-25)23-19(13-20-2,14-21-3)24(4)17(15)27/h23H,7-14H2,1,4H3. The van der Waals surface area contributed by atoms with Gasteiger partial charge in [0.2, 0.25) is 5.95 Å². The van der Waals surface area contributed by atoms with Crippen LogP contribution in [0.15, 0.2) is 0 Å². The summed E-state index contributed by atoms with van der Waals surface area (Å²) in [5.41, 5.74) is -0.603. The highest BCUT2D eigenvalue weighted by Gasteiger charge is 2.51. The van der Waals surface area contributed by atoms with Crippen LogP contribution in [0.25, 0.3) is 9.69 Å². The number of nitrogens with zero attached hydrogens (tertiary/aromatic N) is 6. The Balaban J connectivity index is 2.11.